The minimum Gasteiger partial charge on any atom is -0.465 e. The number of ketones is 1. The first-order valence-electron chi connectivity index (χ1n) is 3.83. The molecule has 0 aliphatic carbocycles. The van der Waals surface area contributed by atoms with Crippen molar-refractivity contribution in [2.24, 2.45) is 5.41 Å². The van der Waals surface area contributed by atoms with Crippen molar-refractivity contribution >= 4 is 43.6 Å². The molecule has 0 saturated carbocycles. The largest absolute Gasteiger partial charge is 0.465 e. The zero-order chi connectivity index (χ0) is 10.6. The van der Waals surface area contributed by atoms with Crippen LogP contribution in [-0.2, 0) is 14.3 Å². The lowest BCUT2D eigenvalue weighted by atomic mass is 9.89. The smallest absolute Gasteiger partial charge is 0.319 e. The van der Waals surface area contributed by atoms with E-state index in [4.69, 9.17) is 4.74 Å². The van der Waals surface area contributed by atoms with E-state index in [9.17, 15) is 9.59 Å². The summed E-state index contributed by atoms with van der Waals surface area (Å²) in [6, 6.07) is 0. The zero-order valence-electron chi connectivity index (χ0n) is 7.77. The molecule has 0 bridgehead atoms. The summed E-state index contributed by atoms with van der Waals surface area (Å²) in [5.74, 6) is -0.741. The van der Waals surface area contributed by atoms with Crippen molar-refractivity contribution < 1.29 is 14.3 Å². The van der Waals surface area contributed by atoms with Crippen LogP contribution in [0.2, 0.25) is 0 Å². The van der Waals surface area contributed by atoms with Gasteiger partial charge in [-0.1, -0.05) is 31.9 Å². The molecule has 76 valence electrons. The summed E-state index contributed by atoms with van der Waals surface area (Å²) in [4.78, 5) is 22.8. The van der Waals surface area contributed by atoms with Gasteiger partial charge in [0.15, 0.2) is 5.78 Å². The Balaban J connectivity index is 4.55. The Hall–Kier alpha value is 0.1000. The third kappa shape index (κ3) is 3.38. The molecule has 0 aromatic heterocycles. The Bertz CT molecular complexity index is 211. The van der Waals surface area contributed by atoms with E-state index in [2.05, 4.69) is 31.9 Å². The highest BCUT2D eigenvalue weighted by molar-refractivity contribution is 9.25. The molecule has 0 N–H and O–H groups in total. The van der Waals surface area contributed by atoms with Crippen molar-refractivity contribution in [2.75, 3.05) is 6.61 Å². The molecule has 0 heterocycles. The van der Waals surface area contributed by atoms with Crippen molar-refractivity contribution in [3.63, 3.8) is 0 Å². The average Bonchev–Trinajstić information content (AvgIpc) is 2.03. The van der Waals surface area contributed by atoms with Gasteiger partial charge >= 0.3 is 5.97 Å². The molecule has 0 aromatic carbocycles. The summed E-state index contributed by atoms with van der Waals surface area (Å²) in [5.41, 5.74) is -1.10. The van der Waals surface area contributed by atoms with E-state index in [1.165, 1.54) is 0 Å². The highest BCUT2D eigenvalue weighted by Crippen LogP contribution is 2.26. The molecular weight excluding hydrogens is 304 g/mol. The summed E-state index contributed by atoms with van der Waals surface area (Å²) < 4.78 is 4.26. The molecule has 0 rings (SSSR count). The lowest BCUT2D eigenvalue weighted by molar-refractivity contribution is -0.157. The van der Waals surface area contributed by atoms with E-state index in [1.54, 1.807) is 20.8 Å². The minimum atomic E-state index is -1.10. The first kappa shape index (κ1) is 13.1. The molecule has 3 nitrogen and oxygen atoms in total. The Morgan fingerprint density at radius 2 is 1.85 bits per heavy atom. The van der Waals surface area contributed by atoms with Crippen LogP contribution in [0.4, 0.5) is 0 Å². The predicted octanol–water partition coefficient (Wildman–Crippen LogP) is 2.26. The van der Waals surface area contributed by atoms with Gasteiger partial charge in [-0.2, -0.15) is 0 Å². The van der Waals surface area contributed by atoms with E-state index in [1.807, 2.05) is 0 Å². The number of halogens is 2. The minimum absolute atomic E-state index is 0.244. The Morgan fingerprint density at radius 3 is 2.15 bits per heavy atom. The van der Waals surface area contributed by atoms with E-state index < -0.39 is 15.1 Å². The molecule has 0 aromatic rings. The molecule has 0 fully saturated rings. The molecule has 0 amide bonds. The third-order valence-corrected chi connectivity index (χ3v) is 2.43. The van der Waals surface area contributed by atoms with Crippen molar-refractivity contribution in [1.82, 2.24) is 0 Å². The molecule has 5 heteroatoms. The van der Waals surface area contributed by atoms with Crippen LogP contribution in [0.25, 0.3) is 0 Å². The van der Waals surface area contributed by atoms with Crippen molar-refractivity contribution in [3.8, 4) is 0 Å². The molecule has 0 saturated heterocycles. The summed E-state index contributed by atoms with van der Waals surface area (Å²) in [6.07, 6.45) is 0. The second-order valence-corrected chi connectivity index (χ2v) is 6.07. The summed E-state index contributed by atoms with van der Waals surface area (Å²) in [6.45, 7) is 5.08. The van der Waals surface area contributed by atoms with Crippen molar-refractivity contribution in [3.05, 3.63) is 0 Å². The van der Waals surface area contributed by atoms with Gasteiger partial charge < -0.3 is 4.74 Å². The number of hydrogen-bond donors (Lipinski definition) is 0. The van der Waals surface area contributed by atoms with Gasteiger partial charge in [0.1, 0.15) is 9.15 Å². The Labute approximate surface area is 94.5 Å². The van der Waals surface area contributed by atoms with Gasteiger partial charge in [0.05, 0.1) is 6.61 Å². The number of hydrogen-bond acceptors (Lipinski definition) is 3. The van der Waals surface area contributed by atoms with Gasteiger partial charge in [-0.15, -0.1) is 0 Å². The quantitative estimate of drug-likeness (QED) is 0.454. The maximum Gasteiger partial charge on any atom is 0.319 e. The molecule has 0 unspecified atom stereocenters. The summed E-state index contributed by atoms with van der Waals surface area (Å²) in [5, 5.41) is 0. The van der Waals surface area contributed by atoms with Gasteiger partial charge in [-0.3, -0.25) is 9.59 Å². The number of alkyl halides is 2. The molecule has 0 spiro atoms. The fraction of sp³-hybridized carbons (Fsp3) is 0.750. The van der Waals surface area contributed by atoms with Crippen LogP contribution in [0.15, 0.2) is 0 Å². The van der Waals surface area contributed by atoms with Crippen LogP contribution >= 0.6 is 31.9 Å². The molecule has 0 radical (unpaired) electrons. The number of esters is 1. The van der Waals surface area contributed by atoms with E-state index in [-0.39, 0.29) is 12.4 Å². The monoisotopic (exact) mass is 314 g/mol. The highest BCUT2D eigenvalue weighted by atomic mass is 79.9. The summed E-state index contributed by atoms with van der Waals surface area (Å²) >= 11 is 6.11. The lowest BCUT2D eigenvalue weighted by Crippen LogP contribution is -2.38. The second kappa shape index (κ2) is 5.10. The first-order valence-corrected chi connectivity index (χ1v) is 5.66. The second-order valence-electron chi connectivity index (χ2n) is 3.01. The number of rotatable bonds is 4. The van der Waals surface area contributed by atoms with Gasteiger partial charge in [0.25, 0.3) is 0 Å². The molecule has 13 heavy (non-hydrogen) atoms. The predicted molar refractivity (Wildman–Crippen MR) is 57.1 cm³/mol. The lowest BCUT2D eigenvalue weighted by Gasteiger charge is -2.21. The summed E-state index contributed by atoms with van der Waals surface area (Å²) in [7, 11) is 0. The average molecular weight is 316 g/mol. The van der Waals surface area contributed by atoms with Gasteiger partial charge in [0, 0.05) is 0 Å². The normalized spacial score (nSPS) is 11.5. The number of ether oxygens (including phenoxy) is 1. The highest BCUT2D eigenvalue weighted by Gasteiger charge is 2.39. The van der Waals surface area contributed by atoms with Crippen LogP contribution in [0.1, 0.15) is 20.8 Å². The standard InChI is InChI=1S/C8H12Br2O3/c1-4-13-7(12)8(2,3)5(11)6(9)10/h6H,4H2,1-3H3. The van der Waals surface area contributed by atoms with Crippen LogP contribution < -0.4 is 0 Å². The molecule has 0 aliphatic rings. The zero-order valence-corrected chi connectivity index (χ0v) is 10.9. The van der Waals surface area contributed by atoms with Crippen molar-refractivity contribution in [2.45, 2.75) is 24.5 Å². The van der Waals surface area contributed by atoms with E-state index in [0.29, 0.717) is 0 Å². The van der Waals surface area contributed by atoms with Gasteiger partial charge in [-0.05, 0) is 20.8 Å². The Morgan fingerprint density at radius 1 is 1.38 bits per heavy atom. The van der Waals surface area contributed by atoms with E-state index >= 15 is 0 Å². The van der Waals surface area contributed by atoms with Gasteiger partial charge in [-0.25, -0.2) is 0 Å². The van der Waals surface area contributed by atoms with Gasteiger partial charge in [0.2, 0.25) is 0 Å². The molecular formula is C8H12Br2O3. The SMILES string of the molecule is CCOC(=O)C(C)(C)C(=O)C(Br)Br. The number of Topliss-reactive ketones (excluding diaryl/α,β-unsaturated/α-hetero) is 1. The number of carbonyl (C=O) groups excluding carboxylic acids is 2. The van der Waals surface area contributed by atoms with Crippen LogP contribution in [0.5, 0.6) is 0 Å². The van der Waals surface area contributed by atoms with Crippen LogP contribution in [-0.4, -0.2) is 22.1 Å². The van der Waals surface area contributed by atoms with Crippen LogP contribution in [0, 0.1) is 5.41 Å². The van der Waals surface area contributed by atoms with E-state index in [0.717, 1.165) is 0 Å². The maximum atomic E-state index is 11.5. The first-order chi connectivity index (χ1) is 5.84. The topological polar surface area (TPSA) is 43.4 Å². The molecule has 0 atom stereocenters. The maximum absolute atomic E-state index is 11.5. The number of carbonyl (C=O) groups is 2. The fourth-order valence-electron chi connectivity index (χ4n) is 0.685. The van der Waals surface area contributed by atoms with Crippen LogP contribution in [0.3, 0.4) is 0 Å². The molecule has 0 aliphatic heterocycles. The third-order valence-electron chi connectivity index (χ3n) is 1.60. The van der Waals surface area contributed by atoms with Crippen molar-refractivity contribution in [1.29, 1.82) is 0 Å². The fourth-order valence-corrected chi connectivity index (χ4v) is 1.83. The Kier molecular flexibility index (Phi) is 5.14.